The van der Waals surface area contributed by atoms with Crippen LogP contribution in [-0.4, -0.2) is 103 Å². The maximum atomic E-state index is 12.3. The topological polar surface area (TPSA) is 279 Å². The summed E-state index contributed by atoms with van der Waals surface area (Å²) in [5, 5.41) is 27.9. The van der Waals surface area contributed by atoms with E-state index in [-0.39, 0.29) is 61.5 Å². The average Bonchev–Trinajstić information content (AvgIpc) is 3.44. The fraction of sp³-hybridized carbons (Fsp3) is 0.947. The van der Waals surface area contributed by atoms with Gasteiger partial charge < -0.3 is 57.8 Å². The van der Waals surface area contributed by atoms with Gasteiger partial charge in [0, 0.05) is 45.7 Å². The molecule has 0 spiro atoms. The molecule has 42 heteroatoms. The van der Waals surface area contributed by atoms with Gasteiger partial charge in [-0.3, -0.25) is 9.59 Å². The van der Waals surface area contributed by atoms with Crippen LogP contribution >= 0.6 is 32.7 Å². The number of amides is 2. The van der Waals surface area contributed by atoms with Gasteiger partial charge in [0.25, 0.3) is 0 Å². The van der Waals surface area contributed by atoms with Crippen molar-refractivity contribution in [2.75, 3.05) is 65.6 Å². The second kappa shape index (κ2) is 92.7. The Morgan fingerprint density at radius 3 is 1.24 bits per heavy atom. The van der Waals surface area contributed by atoms with Crippen LogP contribution in [0.5, 0.6) is 0 Å². The number of hydrogen-bond acceptors (Lipinski definition) is 11. The van der Waals surface area contributed by atoms with E-state index in [4.69, 9.17) is 41.5 Å². The van der Waals surface area contributed by atoms with Crippen LogP contribution in [-0.2, 0) is 262 Å². The molecule has 480 valence electrons. The maximum Gasteiger partial charge on any atom is 0.222 e. The Bertz CT molecular complexity index is 2700. The summed E-state index contributed by atoms with van der Waals surface area (Å²) in [4.78, 5) is 26.0. The summed E-state index contributed by atoms with van der Waals surface area (Å²) in [6.07, 6.45) is 28.5. The van der Waals surface area contributed by atoms with Crippen molar-refractivity contribution < 1.29 is 74.1 Å². The molecule has 0 saturated carbocycles. The quantitative estimate of drug-likeness (QED) is 0.0174. The van der Waals surface area contributed by atoms with Crippen LogP contribution in [0.2, 0.25) is 0 Å². The SMILES string of the molecule is N=S=S=S=S=S=S=S=S=S=S=S=[S]=[Y][I].N=[S-](O)=S=S=S=S=S=S=S=S=S=S=[S]=[Y][I].NCCCCN(CCCN)C(=O)CCCCCCCCCCCO.NCCCCNCCCNC(=O)CCCCCCCCCCCO.O. The first-order chi connectivity index (χ1) is 38.7. The molecule has 0 bridgehead atoms. The molecular weight excluding hydrogens is 1870 g/mol. The normalized spacial score (nSPS) is 9.46. The number of halogens is 2. The van der Waals surface area contributed by atoms with E-state index in [1.54, 1.807) is 97.7 Å². The molecule has 0 aromatic rings. The summed E-state index contributed by atoms with van der Waals surface area (Å²) in [5.74, 6) is 0.478. The zero-order valence-corrected chi connectivity index (χ0v) is 74.6. The maximum absolute atomic E-state index is 12.3. The van der Waals surface area contributed by atoms with E-state index in [0.717, 1.165) is 139 Å². The van der Waals surface area contributed by atoms with Crippen molar-refractivity contribution in [2.45, 2.75) is 167 Å². The van der Waals surface area contributed by atoms with Crippen molar-refractivity contribution in [1.82, 2.24) is 15.5 Å². The van der Waals surface area contributed by atoms with E-state index in [1.165, 1.54) is 90.8 Å². The largest absolute Gasteiger partial charge is 0.412 e. The van der Waals surface area contributed by atoms with Crippen molar-refractivity contribution in [1.29, 1.82) is 9.56 Å². The van der Waals surface area contributed by atoms with Crippen LogP contribution in [0.3, 0.4) is 0 Å². The molecule has 0 aromatic carbocycles. The fourth-order valence-electron chi connectivity index (χ4n) is 5.84. The molecule has 0 aliphatic rings. The predicted molar refractivity (Wildman–Crippen MR) is 420 cm³/mol. The number of carbonyl (C=O) groups is 2. The molecule has 80 heavy (non-hydrogen) atoms. The molecular formula is C38H87I2N8O6S24Y2-. The Hall–Kier alpha value is 7.30. The first-order valence-corrected chi connectivity index (χ1v) is 80.6. The molecule has 0 atom stereocenters. The number of nitrogens with two attached hydrogens (primary N) is 3. The molecule has 14 nitrogen and oxygen atoms in total. The Morgan fingerprint density at radius 2 is 0.825 bits per heavy atom. The third-order valence-electron chi connectivity index (χ3n) is 9.39. The van der Waals surface area contributed by atoms with E-state index in [0.29, 0.717) is 39.1 Å². The second-order valence-electron chi connectivity index (χ2n) is 15.3. The van der Waals surface area contributed by atoms with Gasteiger partial charge in [-0.25, -0.2) is 4.78 Å². The van der Waals surface area contributed by atoms with Gasteiger partial charge in [0.15, 0.2) is 0 Å². The minimum Gasteiger partial charge on any atom is -0.412 e. The van der Waals surface area contributed by atoms with Crippen LogP contribution in [0.25, 0.3) is 0 Å². The molecule has 0 aliphatic carbocycles. The molecule has 2 amide bonds. The summed E-state index contributed by atoms with van der Waals surface area (Å²) in [6, 6.07) is 0. The summed E-state index contributed by atoms with van der Waals surface area (Å²) in [6.45, 7) is 7.11. The predicted octanol–water partition coefficient (Wildman–Crippen LogP) is 7.00. The Kier molecular flexibility index (Phi) is 111. The molecule has 15 N–H and O–H groups in total. The van der Waals surface area contributed by atoms with Crippen LogP contribution < -0.4 is 27.8 Å². The number of aliphatic hydroxyl groups is 2. The smallest absolute Gasteiger partial charge is 0.222 e. The average molecular weight is 1950 g/mol. The third kappa shape index (κ3) is 96.4. The van der Waals surface area contributed by atoms with Gasteiger partial charge in [0.1, 0.15) is 0 Å². The summed E-state index contributed by atoms with van der Waals surface area (Å²) >= 11 is 4.55. The van der Waals surface area contributed by atoms with Gasteiger partial charge in [0.2, 0.25) is 11.8 Å². The summed E-state index contributed by atoms with van der Waals surface area (Å²) in [7, 11) is 34.1. The molecule has 0 aliphatic heterocycles. The van der Waals surface area contributed by atoms with E-state index in [9.17, 15) is 9.59 Å². The van der Waals surface area contributed by atoms with Gasteiger partial charge in [-0.2, -0.15) is 0 Å². The van der Waals surface area contributed by atoms with E-state index >= 15 is 0 Å². The first-order valence-electron chi connectivity index (χ1n) is 25.3. The van der Waals surface area contributed by atoms with Crippen LogP contribution in [0, 0.1) is 9.56 Å². The minimum absolute atomic E-state index is 0. The number of carbonyl (C=O) groups excluding carboxylic acids is 2. The van der Waals surface area contributed by atoms with Crippen molar-refractivity contribution in [3.63, 3.8) is 0 Å². The third-order valence-corrected chi connectivity index (χ3v) is 90.3. The Balaban J connectivity index is -0.000000318. The van der Waals surface area contributed by atoms with E-state index in [1.807, 2.05) is 63.5 Å². The van der Waals surface area contributed by atoms with Crippen molar-refractivity contribution >= 4 is 252 Å². The second-order valence-corrected chi connectivity index (χ2v) is 83.9. The van der Waals surface area contributed by atoms with E-state index < -0.39 is 9.53 Å². The van der Waals surface area contributed by atoms with Gasteiger partial charge >= 0.3 is 285 Å². The summed E-state index contributed by atoms with van der Waals surface area (Å²) < 4.78 is 22.4. The fourth-order valence-corrected chi connectivity index (χ4v) is 100. The molecule has 0 saturated heterocycles. The number of unbranched alkanes of at least 4 members (excludes halogenated alkanes) is 18. The molecule has 0 rings (SSSR count). The molecule has 0 fully saturated rings. The van der Waals surface area contributed by atoms with Crippen LogP contribution in [0.15, 0.2) is 0 Å². The minimum atomic E-state index is -1.26. The van der Waals surface area contributed by atoms with Gasteiger partial charge in [-0.05, 0) is 96.9 Å². The molecule has 0 radical (unpaired) electrons. The standard InChI is InChI=1S/2C19H41N3O2.2HI.H2NOS12.HNS12.H2O.2Y/c20-14-9-10-16-22(17-12-15-21)19(24)13-8-6-4-2-1-3-5-7-11-18-23;20-14-9-10-15-21-16-12-17-22-19(24)13-8-6-4-2-1-3-5-7-11-18-23;;;1-14(2)13-12-11-10-9-8-7-6-5-4-3;1-3-5-7-9-11-13-12-10-8-6-4-2;;;/h23H,1-18,20-21H2;21,23H,1-18,20H2,(H,22,24);2*1H;(H2,1,2);1H;1H2;;/q;;;;-1;;;2*+1/p-2. The monoisotopic (exact) mass is 1950 g/mol. The zero-order chi connectivity index (χ0) is 58.9. The Labute approximate surface area is 589 Å². The first kappa shape index (κ1) is 96.0. The Morgan fingerprint density at radius 1 is 0.463 bits per heavy atom. The van der Waals surface area contributed by atoms with Gasteiger partial charge in [-0.1, -0.05) is 89.9 Å². The van der Waals surface area contributed by atoms with Crippen molar-refractivity contribution in [3.05, 3.63) is 0 Å². The van der Waals surface area contributed by atoms with Crippen molar-refractivity contribution in [2.24, 2.45) is 17.2 Å². The number of hydrogen-bond donors (Lipinski definition) is 10. The zero-order valence-electron chi connectivity index (χ0n) is 45.0. The number of aliphatic hydroxyl groups excluding tert-OH is 2. The molecule has 0 heterocycles. The van der Waals surface area contributed by atoms with Gasteiger partial charge in [-0.15, -0.1) is 0 Å². The molecule has 0 unspecified atom stereocenters. The molecule has 0 aromatic heterocycles. The number of nitrogens with one attached hydrogen (secondary N) is 4. The van der Waals surface area contributed by atoms with Crippen LogP contribution in [0.1, 0.15) is 167 Å². The van der Waals surface area contributed by atoms with E-state index in [2.05, 4.69) is 48.6 Å². The number of rotatable bonds is 37. The van der Waals surface area contributed by atoms with Crippen molar-refractivity contribution in [3.8, 4) is 0 Å². The summed E-state index contributed by atoms with van der Waals surface area (Å²) in [5.41, 5.74) is 16.5. The number of nitrogens with zero attached hydrogens (tertiary/aromatic N) is 1. The van der Waals surface area contributed by atoms with Crippen LogP contribution in [0.4, 0.5) is 0 Å². The van der Waals surface area contributed by atoms with Gasteiger partial charge in [0.05, 0.1) is 0 Å².